The minimum atomic E-state index is -0.0470. The van der Waals surface area contributed by atoms with Gasteiger partial charge in [0.1, 0.15) is 5.75 Å². The van der Waals surface area contributed by atoms with Gasteiger partial charge >= 0.3 is 0 Å². The third-order valence-electron chi connectivity index (χ3n) is 3.93. The van der Waals surface area contributed by atoms with Gasteiger partial charge in [-0.15, -0.1) is 11.6 Å². The number of fused-ring (bicyclic) bond motifs is 1. The average molecular weight is 267 g/mol. The SMILES string of the molecule is CC1(C)COc2ccc(C(Cl)C3CCCO3)cc21. The van der Waals surface area contributed by atoms with Gasteiger partial charge in [-0.3, -0.25) is 0 Å². The second kappa shape index (κ2) is 4.43. The summed E-state index contributed by atoms with van der Waals surface area (Å²) >= 11 is 6.54. The molecule has 0 aromatic heterocycles. The summed E-state index contributed by atoms with van der Waals surface area (Å²) in [6.45, 7) is 6.00. The van der Waals surface area contributed by atoms with Crippen molar-refractivity contribution in [3.63, 3.8) is 0 Å². The molecule has 0 spiro atoms. The van der Waals surface area contributed by atoms with E-state index >= 15 is 0 Å². The lowest BCUT2D eigenvalue weighted by molar-refractivity contribution is 0.107. The molecule has 3 rings (SSSR count). The predicted octanol–water partition coefficient (Wildman–Crippen LogP) is 3.82. The Morgan fingerprint density at radius 2 is 2.22 bits per heavy atom. The van der Waals surface area contributed by atoms with Crippen LogP contribution in [0.15, 0.2) is 18.2 Å². The first-order chi connectivity index (χ1) is 8.58. The molecule has 18 heavy (non-hydrogen) atoms. The number of benzene rings is 1. The maximum Gasteiger partial charge on any atom is 0.123 e. The summed E-state index contributed by atoms with van der Waals surface area (Å²) in [4.78, 5) is 0. The van der Waals surface area contributed by atoms with Crippen LogP contribution in [-0.4, -0.2) is 19.3 Å². The van der Waals surface area contributed by atoms with E-state index < -0.39 is 0 Å². The van der Waals surface area contributed by atoms with Crippen molar-refractivity contribution in [3.8, 4) is 5.75 Å². The molecule has 2 heterocycles. The monoisotopic (exact) mass is 266 g/mol. The van der Waals surface area contributed by atoms with E-state index in [1.807, 2.05) is 6.07 Å². The fourth-order valence-electron chi connectivity index (χ4n) is 2.76. The first-order valence-electron chi connectivity index (χ1n) is 6.61. The molecule has 0 radical (unpaired) electrons. The zero-order valence-electron chi connectivity index (χ0n) is 10.9. The van der Waals surface area contributed by atoms with E-state index in [-0.39, 0.29) is 16.9 Å². The summed E-state index contributed by atoms with van der Waals surface area (Å²) < 4.78 is 11.4. The van der Waals surface area contributed by atoms with Gasteiger partial charge in [0.05, 0.1) is 18.1 Å². The number of ether oxygens (including phenoxy) is 2. The normalized spacial score (nSPS) is 26.7. The van der Waals surface area contributed by atoms with E-state index in [1.165, 1.54) is 5.56 Å². The van der Waals surface area contributed by atoms with Crippen LogP contribution in [-0.2, 0) is 10.2 Å². The highest BCUT2D eigenvalue weighted by Crippen LogP contribution is 2.41. The van der Waals surface area contributed by atoms with Crippen LogP contribution in [0.5, 0.6) is 5.75 Å². The zero-order chi connectivity index (χ0) is 12.8. The van der Waals surface area contributed by atoms with Gasteiger partial charge in [0, 0.05) is 17.6 Å². The average Bonchev–Trinajstić information content (AvgIpc) is 2.97. The van der Waals surface area contributed by atoms with Crippen molar-refractivity contribution in [2.45, 2.75) is 43.6 Å². The molecule has 0 amide bonds. The van der Waals surface area contributed by atoms with Crippen LogP contribution in [0.3, 0.4) is 0 Å². The Balaban J connectivity index is 1.90. The smallest absolute Gasteiger partial charge is 0.123 e. The van der Waals surface area contributed by atoms with Gasteiger partial charge in [0.25, 0.3) is 0 Å². The predicted molar refractivity (Wildman–Crippen MR) is 72.5 cm³/mol. The fraction of sp³-hybridized carbons (Fsp3) is 0.600. The lowest BCUT2D eigenvalue weighted by atomic mass is 9.85. The largest absolute Gasteiger partial charge is 0.492 e. The minimum absolute atomic E-state index is 0.0470. The molecule has 1 saturated heterocycles. The molecule has 98 valence electrons. The lowest BCUT2D eigenvalue weighted by Crippen LogP contribution is -2.19. The number of alkyl halides is 1. The van der Waals surface area contributed by atoms with Gasteiger partial charge in [0.15, 0.2) is 0 Å². The van der Waals surface area contributed by atoms with Gasteiger partial charge in [-0.1, -0.05) is 19.9 Å². The molecule has 0 saturated carbocycles. The number of rotatable bonds is 2. The highest BCUT2D eigenvalue weighted by atomic mass is 35.5. The molecule has 3 heteroatoms. The topological polar surface area (TPSA) is 18.5 Å². The van der Waals surface area contributed by atoms with Gasteiger partial charge in [-0.05, 0) is 30.5 Å². The Hall–Kier alpha value is -0.730. The first kappa shape index (κ1) is 12.3. The van der Waals surface area contributed by atoms with Crippen LogP contribution in [0.2, 0.25) is 0 Å². The summed E-state index contributed by atoms with van der Waals surface area (Å²) in [5, 5.41) is -0.0470. The Morgan fingerprint density at radius 3 is 2.94 bits per heavy atom. The Bertz CT molecular complexity index is 450. The van der Waals surface area contributed by atoms with E-state index in [2.05, 4.69) is 26.0 Å². The van der Waals surface area contributed by atoms with Crippen molar-refractivity contribution in [3.05, 3.63) is 29.3 Å². The summed E-state index contributed by atoms with van der Waals surface area (Å²) in [7, 11) is 0. The van der Waals surface area contributed by atoms with Gasteiger partial charge < -0.3 is 9.47 Å². The van der Waals surface area contributed by atoms with E-state index in [9.17, 15) is 0 Å². The molecular formula is C15H19ClO2. The van der Waals surface area contributed by atoms with Crippen molar-refractivity contribution in [2.75, 3.05) is 13.2 Å². The molecular weight excluding hydrogens is 248 g/mol. The van der Waals surface area contributed by atoms with Crippen LogP contribution in [0.25, 0.3) is 0 Å². The van der Waals surface area contributed by atoms with Crippen molar-refractivity contribution in [2.24, 2.45) is 0 Å². The summed E-state index contributed by atoms with van der Waals surface area (Å²) in [5.74, 6) is 1.000. The van der Waals surface area contributed by atoms with E-state index in [1.54, 1.807) is 0 Å². The summed E-state index contributed by atoms with van der Waals surface area (Å²) in [6, 6.07) is 6.31. The zero-order valence-corrected chi connectivity index (χ0v) is 11.7. The Morgan fingerprint density at radius 1 is 1.39 bits per heavy atom. The lowest BCUT2D eigenvalue weighted by Gasteiger charge is -2.20. The molecule has 2 atom stereocenters. The number of hydrogen-bond acceptors (Lipinski definition) is 2. The highest BCUT2D eigenvalue weighted by Gasteiger charge is 2.33. The van der Waals surface area contributed by atoms with Crippen LogP contribution in [0, 0.1) is 0 Å². The van der Waals surface area contributed by atoms with Gasteiger partial charge in [-0.2, -0.15) is 0 Å². The van der Waals surface area contributed by atoms with Crippen molar-refractivity contribution in [1.82, 2.24) is 0 Å². The van der Waals surface area contributed by atoms with Crippen molar-refractivity contribution >= 4 is 11.6 Å². The molecule has 2 unspecified atom stereocenters. The molecule has 2 nitrogen and oxygen atoms in total. The Kier molecular flexibility index (Phi) is 3.03. The molecule has 0 N–H and O–H groups in total. The fourth-order valence-corrected chi connectivity index (χ4v) is 3.09. The maximum atomic E-state index is 6.54. The molecule has 0 bridgehead atoms. The van der Waals surface area contributed by atoms with Crippen molar-refractivity contribution < 1.29 is 9.47 Å². The molecule has 1 fully saturated rings. The van der Waals surface area contributed by atoms with Crippen LogP contribution in [0.1, 0.15) is 43.2 Å². The standard InChI is InChI=1S/C15H19ClO2/c1-15(2)9-18-12-6-5-10(8-11(12)15)14(16)13-4-3-7-17-13/h5-6,8,13-14H,3-4,7,9H2,1-2H3. The van der Waals surface area contributed by atoms with E-state index in [0.29, 0.717) is 0 Å². The second-order valence-electron chi connectivity index (χ2n) is 5.88. The molecule has 2 aliphatic heterocycles. The van der Waals surface area contributed by atoms with E-state index in [0.717, 1.165) is 37.4 Å². The maximum absolute atomic E-state index is 6.54. The molecule has 1 aromatic carbocycles. The number of hydrogen-bond donors (Lipinski definition) is 0. The third-order valence-corrected chi connectivity index (χ3v) is 4.46. The molecule has 1 aromatic rings. The highest BCUT2D eigenvalue weighted by molar-refractivity contribution is 6.21. The van der Waals surface area contributed by atoms with Crippen LogP contribution >= 0.6 is 11.6 Å². The summed E-state index contributed by atoms with van der Waals surface area (Å²) in [5.41, 5.74) is 2.50. The Labute approximate surface area is 113 Å². The van der Waals surface area contributed by atoms with Crippen LogP contribution < -0.4 is 4.74 Å². The first-order valence-corrected chi connectivity index (χ1v) is 7.04. The quantitative estimate of drug-likeness (QED) is 0.758. The minimum Gasteiger partial charge on any atom is -0.492 e. The summed E-state index contributed by atoms with van der Waals surface area (Å²) in [6.07, 6.45) is 2.34. The third kappa shape index (κ3) is 2.02. The van der Waals surface area contributed by atoms with Crippen molar-refractivity contribution in [1.29, 1.82) is 0 Å². The van der Waals surface area contributed by atoms with Gasteiger partial charge in [-0.25, -0.2) is 0 Å². The van der Waals surface area contributed by atoms with E-state index in [4.69, 9.17) is 21.1 Å². The molecule has 2 aliphatic rings. The molecule has 0 aliphatic carbocycles. The number of halogens is 1. The van der Waals surface area contributed by atoms with Crippen LogP contribution in [0.4, 0.5) is 0 Å². The van der Waals surface area contributed by atoms with Gasteiger partial charge in [0.2, 0.25) is 0 Å². The second-order valence-corrected chi connectivity index (χ2v) is 6.35.